The predicted octanol–water partition coefficient (Wildman–Crippen LogP) is 3.76. The minimum absolute atomic E-state index is 0.213. The number of carbonyl (C=O) groups is 1. The van der Waals surface area contributed by atoms with Gasteiger partial charge in [0.05, 0.1) is 6.61 Å². The SMILES string of the molecule is CN1CCC(c2cccc(CN)c2)CC1.O=Cc1ccc(-c2ccc([B]OF)c(CO)c2)cc1. The lowest BCUT2D eigenvalue weighted by molar-refractivity contribution is 0.0000592. The van der Waals surface area contributed by atoms with Crippen molar-refractivity contribution in [2.75, 3.05) is 20.1 Å². The van der Waals surface area contributed by atoms with Crippen LogP contribution in [0, 0.1) is 0 Å². The number of aldehydes is 1. The van der Waals surface area contributed by atoms with Crippen LogP contribution in [0.25, 0.3) is 11.1 Å². The van der Waals surface area contributed by atoms with E-state index in [1.54, 1.807) is 30.3 Å². The molecular formula is C27H31BFN2O3. The van der Waals surface area contributed by atoms with Crippen molar-refractivity contribution in [1.82, 2.24) is 4.90 Å². The molecule has 1 fully saturated rings. The van der Waals surface area contributed by atoms with Crippen LogP contribution in [0.2, 0.25) is 0 Å². The molecule has 1 heterocycles. The van der Waals surface area contributed by atoms with Gasteiger partial charge in [-0.1, -0.05) is 65.2 Å². The smallest absolute Gasteiger partial charge is 0.389 e. The fourth-order valence-corrected chi connectivity index (χ4v) is 4.16. The summed E-state index contributed by atoms with van der Waals surface area (Å²) in [5, 5.41) is 9.25. The van der Waals surface area contributed by atoms with Gasteiger partial charge in [0.15, 0.2) is 0 Å². The molecule has 177 valence electrons. The molecule has 3 N–H and O–H groups in total. The van der Waals surface area contributed by atoms with Crippen molar-refractivity contribution in [1.29, 1.82) is 0 Å². The van der Waals surface area contributed by atoms with E-state index in [-0.39, 0.29) is 6.61 Å². The normalized spacial score (nSPS) is 14.2. The molecule has 0 atom stereocenters. The summed E-state index contributed by atoms with van der Waals surface area (Å²) >= 11 is 0. The number of likely N-dealkylation sites (tertiary alicyclic amines) is 1. The number of benzene rings is 3. The van der Waals surface area contributed by atoms with Crippen LogP contribution in [-0.4, -0.2) is 43.9 Å². The zero-order valence-electron chi connectivity index (χ0n) is 19.5. The summed E-state index contributed by atoms with van der Waals surface area (Å²) in [6.45, 7) is 2.88. The lowest BCUT2D eigenvalue weighted by Gasteiger charge is -2.29. The summed E-state index contributed by atoms with van der Waals surface area (Å²) in [5.74, 6) is 0.743. The van der Waals surface area contributed by atoms with E-state index >= 15 is 0 Å². The molecule has 0 saturated carbocycles. The zero-order chi connectivity index (χ0) is 24.3. The first-order chi connectivity index (χ1) is 16.6. The highest BCUT2D eigenvalue weighted by atomic mass is 19.3. The highest BCUT2D eigenvalue weighted by molar-refractivity contribution is 6.47. The molecule has 0 unspecified atom stereocenters. The summed E-state index contributed by atoms with van der Waals surface area (Å²) in [5.41, 5.74) is 11.8. The fourth-order valence-electron chi connectivity index (χ4n) is 4.16. The van der Waals surface area contributed by atoms with E-state index in [0.717, 1.165) is 30.8 Å². The average Bonchev–Trinajstić information content (AvgIpc) is 2.90. The van der Waals surface area contributed by atoms with Crippen molar-refractivity contribution in [2.45, 2.75) is 31.9 Å². The average molecular weight is 461 g/mol. The first-order valence-electron chi connectivity index (χ1n) is 11.5. The summed E-state index contributed by atoms with van der Waals surface area (Å²) in [6, 6.07) is 21.0. The largest absolute Gasteiger partial charge is 0.392 e. The van der Waals surface area contributed by atoms with Crippen molar-refractivity contribution < 1.29 is 19.3 Å². The molecule has 34 heavy (non-hydrogen) atoms. The van der Waals surface area contributed by atoms with Gasteiger partial charge in [-0.25, -0.2) is 0 Å². The van der Waals surface area contributed by atoms with Crippen molar-refractivity contribution in [2.24, 2.45) is 5.73 Å². The second-order valence-electron chi connectivity index (χ2n) is 8.55. The number of hydrogen-bond acceptors (Lipinski definition) is 5. The summed E-state index contributed by atoms with van der Waals surface area (Å²) in [4.78, 5) is 16.5. The molecule has 3 aromatic rings. The Morgan fingerprint density at radius 3 is 2.41 bits per heavy atom. The summed E-state index contributed by atoms with van der Waals surface area (Å²) in [7, 11) is 3.14. The number of piperidine rings is 1. The predicted molar refractivity (Wildman–Crippen MR) is 135 cm³/mol. The number of nitrogens with zero attached hydrogens (tertiary/aromatic N) is 1. The van der Waals surface area contributed by atoms with Crippen LogP contribution in [-0.2, 0) is 18.0 Å². The molecule has 0 amide bonds. The topological polar surface area (TPSA) is 75.8 Å². The molecule has 5 nitrogen and oxygen atoms in total. The Morgan fingerprint density at radius 2 is 1.79 bits per heavy atom. The molecule has 0 spiro atoms. The Morgan fingerprint density at radius 1 is 1.09 bits per heavy atom. The van der Waals surface area contributed by atoms with E-state index in [4.69, 9.17) is 5.73 Å². The lowest BCUT2D eigenvalue weighted by atomic mass is 9.83. The van der Waals surface area contributed by atoms with Gasteiger partial charge in [0.2, 0.25) is 0 Å². The van der Waals surface area contributed by atoms with Gasteiger partial charge in [0, 0.05) is 12.1 Å². The number of carbonyl (C=O) groups excluding carboxylic acids is 1. The van der Waals surface area contributed by atoms with E-state index in [1.165, 1.54) is 37.1 Å². The van der Waals surface area contributed by atoms with Crippen molar-refractivity contribution in [3.63, 3.8) is 0 Å². The number of hydrogen-bond donors (Lipinski definition) is 2. The minimum atomic E-state index is -0.213. The molecule has 0 bridgehead atoms. The third-order valence-electron chi connectivity index (χ3n) is 6.24. The highest BCUT2D eigenvalue weighted by Crippen LogP contribution is 2.27. The number of aliphatic hydroxyl groups excluding tert-OH is 1. The molecule has 1 aliphatic rings. The molecule has 0 aliphatic carbocycles. The van der Waals surface area contributed by atoms with Gasteiger partial charge in [0.1, 0.15) is 6.29 Å². The van der Waals surface area contributed by atoms with E-state index < -0.39 is 0 Å². The fraction of sp³-hybridized carbons (Fsp3) is 0.296. The Hall–Kier alpha value is -2.84. The zero-order valence-corrected chi connectivity index (χ0v) is 19.5. The summed E-state index contributed by atoms with van der Waals surface area (Å²) < 4.78 is 11.8. The molecular weight excluding hydrogens is 430 g/mol. The standard InChI is InChI=1S/C14H11BFO3.C13H20N2/c16-19-15-14-6-5-12(7-13(14)9-18)11-3-1-10(8-17)2-4-11;1-15-7-5-12(6-8-15)13-4-2-3-11(9-13)10-14/h1-8,18H,9H2;2-4,9,12H,5-8,10,14H2,1H3. The first-order valence-corrected chi connectivity index (χ1v) is 11.5. The van der Waals surface area contributed by atoms with Gasteiger partial charge in [0.25, 0.3) is 0 Å². The molecule has 1 aliphatic heterocycles. The Kier molecular flexibility index (Phi) is 9.97. The van der Waals surface area contributed by atoms with Gasteiger partial charge >= 0.3 is 7.48 Å². The van der Waals surface area contributed by atoms with Crippen LogP contribution in [0.5, 0.6) is 0 Å². The molecule has 7 heteroatoms. The monoisotopic (exact) mass is 461 g/mol. The third-order valence-corrected chi connectivity index (χ3v) is 6.24. The molecule has 3 aromatic carbocycles. The van der Waals surface area contributed by atoms with Crippen LogP contribution >= 0.6 is 0 Å². The molecule has 4 rings (SSSR count). The van der Waals surface area contributed by atoms with Crippen molar-refractivity contribution >= 4 is 19.2 Å². The maximum Gasteiger partial charge on any atom is 0.389 e. The highest BCUT2D eigenvalue weighted by Gasteiger charge is 2.18. The van der Waals surface area contributed by atoms with Crippen LogP contribution in [0.3, 0.4) is 0 Å². The van der Waals surface area contributed by atoms with Gasteiger partial charge in [-0.05, 0) is 78.2 Å². The quantitative estimate of drug-likeness (QED) is 0.414. The van der Waals surface area contributed by atoms with Crippen LogP contribution in [0.15, 0.2) is 66.7 Å². The van der Waals surface area contributed by atoms with Crippen LogP contribution in [0.1, 0.15) is 45.8 Å². The Labute approximate surface area is 201 Å². The second-order valence-corrected chi connectivity index (χ2v) is 8.55. The molecule has 1 radical (unpaired) electrons. The number of rotatable bonds is 7. The van der Waals surface area contributed by atoms with Crippen molar-refractivity contribution in [3.8, 4) is 11.1 Å². The third kappa shape index (κ3) is 7.08. The summed E-state index contributed by atoms with van der Waals surface area (Å²) in [6.07, 6.45) is 3.34. The van der Waals surface area contributed by atoms with Gasteiger partial charge < -0.3 is 15.7 Å². The van der Waals surface area contributed by atoms with E-state index in [1.807, 2.05) is 12.1 Å². The molecule has 1 saturated heterocycles. The minimum Gasteiger partial charge on any atom is -0.392 e. The van der Waals surface area contributed by atoms with Crippen LogP contribution < -0.4 is 11.2 Å². The van der Waals surface area contributed by atoms with Crippen LogP contribution in [0.4, 0.5) is 4.53 Å². The Balaban J connectivity index is 0.000000196. The van der Waals surface area contributed by atoms with Gasteiger partial charge in [-0.2, -0.15) is 0 Å². The van der Waals surface area contributed by atoms with Gasteiger partial charge in [-0.15, -0.1) is 0 Å². The second kappa shape index (κ2) is 13.2. The lowest BCUT2D eigenvalue weighted by Crippen LogP contribution is -2.29. The maximum atomic E-state index is 11.8. The van der Waals surface area contributed by atoms with E-state index in [0.29, 0.717) is 23.1 Å². The number of aliphatic hydroxyl groups is 1. The Bertz CT molecular complexity index is 1050. The number of halogens is 1. The van der Waals surface area contributed by atoms with E-state index in [9.17, 15) is 14.4 Å². The molecule has 0 aromatic heterocycles. The first kappa shape index (κ1) is 25.8. The van der Waals surface area contributed by atoms with Crippen molar-refractivity contribution in [3.05, 3.63) is 89.0 Å². The van der Waals surface area contributed by atoms with Gasteiger partial charge in [-0.3, -0.25) is 9.65 Å². The maximum absolute atomic E-state index is 11.8. The number of nitrogens with two attached hydrogens (primary N) is 1. The van der Waals surface area contributed by atoms with E-state index in [2.05, 4.69) is 41.1 Å².